The highest BCUT2D eigenvalue weighted by Gasteiger charge is 2.19. The predicted molar refractivity (Wildman–Crippen MR) is 99.1 cm³/mol. The number of hydrogen-bond acceptors (Lipinski definition) is 6. The zero-order valence-electron chi connectivity index (χ0n) is 14.7. The molecular formula is C18H21N7O. The number of nitrogens with zero attached hydrogens (tertiary/aromatic N) is 6. The first kappa shape index (κ1) is 16.5. The second kappa shape index (κ2) is 7.09. The summed E-state index contributed by atoms with van der Waals surface area (Å²) in [7, 11) is 2.07. The number of carbonyl (C=O) groups excluding carboxylic acids is 1. The van der Waals surface area contributed by atoms with E-state index in [1.165, 1.54) is 6.33 Å². The van der Waals surface area contributed by atoms with Crippen LogP contribution < -0.4 is 5.32 Å². The molecule has 2 aromatic heterocycles. The Morgan fingerprint density at radius 2 is 1.96 bits per heavy atom. The topological polar surface area (TPSA) is 79.2 Å². The van der Waals surface area contributed by atoms with Gasteiger partial charge >= 0.3 is 0 Å². The van der Waals surface area contributed by atoms with Crippen molar-refractivity contribution in [1.82, 2.24) is 29.5 Å². The number of piperazine rings is 1. The Labute approximate surface area is 151 Å². The average molecular weight is 351 g/mol. The molecule has 8 heteroatoms. The maximum absolute atomic E-state index is 12.4. The number of rotatable bonds is 4. The Morgan fingerprint density at radius 1 is 1.15 bits per heavy atom. The van der Waals surface area contributed by atoms with Crippen molar-refractivity contribution in [2.75, 3.05) is 38.5 Å². The maximum atomic E-state index is 12.4. The summed E-state index contributed by atoms with van der Waals surface area (Å²) in [5.41, 5.74) is 1.67. The molecule has 0 saturated carbocycles. The lowest BCUT2D eigenvalue weighted by molar-refractivity contribution is -0.133. The van der Waals surface area contributed by atoms with Gasteiger partial charge in [-0.3, -0.25) is 9.48 Å². The summed E-state index contributed by atoms with van der Waals surface area (Å²) >= 11 is 0. The fourth-order valence-corrected chi connectivity index (χ4v) is 3.05. The quantitative estimate of drug-likeness (QED) is 0.764. The minimum Gasteiger partial charge on any atom is -0.339 e. The number of amides is 1. The molecule has 3 aromatic rings. The normalized spacial score (nSPS) is 15.3. The first-order chi connectivity index (χ1) is 12.7. The smallest absolute Gasteiger partial charge is 0.244 e. The van der Waals surface area contributed by atoms with Crippen LogP contribution in [0.3, 0.4) is 0 Å². The number of fused-ring (bicyclic) bond motifs is 1. The fraction of sp³-hybridized carbons (Fsp3) is 0.333. The molecule has 4 rings (SSSR count). The van der Waals surface area contributed by atoms with Gasteiger partial charge in [-0.2, -0.15) is 5.10 Å². The van der Waals surface area contributed by atoms with Gasteiger partial charge in [0.25, 0.3) is 0 Å². The van der Waals surface area contributed by atoms with Gasteiger partial charge in [-0.1, -0.05) is 12.1 Å². The molecule has 26 heavy (non-hydrogen) atoms. The van der Waals surface area contributed by atoms with Gasteiger partial charge in [0.2, 0.25) is 5.91 Å². The van der Waals surface area contributed by atoms with Crippen molar-refractivity contribution < 1.29 is 4.79 Å². The number of carbonyl (C=O) groups is 1. The number of likely N-dealkylation sites (N-methyl/N-ethyl adjacent to an activating group) is 1. The van der Waals surface area contributed by atoms with E-state index in [0.29, 0.717) is 0 Å². The summed E-state index contributed by atoms with van der Waals surface area (Å²) in [6.45, 7) is 3.62. The summed E-state index contributed by atoms with van der Waals surface area (Å²) in [6.07, 6.45) is 5.06. The van der Waals surface area contributed by atoms with E-state index in [1.807, 2.05) is 35.4 Å². The minimum absolute atomic E-state index is 0.0974. The lowest BCUT2D eigenvalue weighted by atomic mass is 10.2. The van der Waals surface area contributed by atoms with Crippen LogP contribution in [0.25, 0.3) is 10.9 Å². The summed E-state index contributed by atoms with van der Waals surface area (Å²) in [5, 5.41) is 8.50. The SMILES string of the molecule is CN1CCN(C(=O)Cn2cc(Nc3ncnc4ccccc34)cn2)CC1. The molecule has 0 aliphatic carbocycles. The van der Waals surface area contributed by atoms with Gasteiger partial charge in [0.05, 0.1) is 17.4 Å². The molecule has 1 aliphatic heterocycles. The lowest BCUT2D eigenvalue weighted by Gasteiger charge is -2.32. The van der Waals surface area contributed by atoms with Crippen molar-refractivity contribution in [3.05, 3.63) is 43.0 Å². The summed E-state index contributed by atoms with van der Waals surface area (Å²) in [6, 6.07) is 7.81. The van der Waals surface area contributed by atoms with Gasteiger partial charge in [0, 0.05) is 37.8 Å². The van der Waals surface area contributed by atoms with Gasteiger partial charge in [-0.25, -0.2) is 9.97 Å². The maximum Gasteiger partial charge on any atom is 0.244 e. The van der Waals surface area contributed by atoms with E-state index in [9.17, 15) is 4.79 Å². The Hall–Kier alpha value is -3.00. The van der Waals surface area contributed by atoms with E-state index >= 15 is 0 Å². The van der Waals surface area contributed by atoms with Crippen LogP contribution in [0.1, 0.15) is 0 Å². The van der Waals surface area contributed by atoms with Crippen LogP contribution in [-0.2, 0) is 11.3 Å². The van der Waals surface area contributed by atoms with E-state index < -0.39 is 0 Å². The number of hydrogen-bond donors (Lipinski definition) is 1. The molecule has 1 aliphatic rings. The summed E-state index contributed by atoms with van der Waals surface area (Å²) < 4.78 is 1.66. The number of anilines is 2. The summed E-state index contributed by atoms with van der Waals surface area (Å²) in [4.78, 5) is 25.1. The van der Waals surface area contributed by atoms with Crippen LogP contribution in [0.5, 0.6) is 0 Å². The molecule has 1 N–H and O–H groups in total. The summed E-state index contributed by atoms with van der Waals surface area (Å²) in [5.74, 6) is 0.820. The molecule has 8 nitrogen and oxygen atoms in total. The third-order valence-electron chi connectivity index (χ3n) is 4.59. The van der Waals surface area contributed by atoms with Gasteiger partial charge in [0.1, 0.15) is 18.7 Å². The third kappa shape index (κ3) is 3.50. The van der Waals surface area contributed by atoms with E-state index in [1.54, 1.807) is 10.9 Å². The monoisotopic (exact) mass is 351 g/mol. The van der Waals surface area contributed by atoms with Crippen LogP contribution in [0, 0.1) is 0 Å². The van der Waals surface area contributed by atoms with Gasteiger partial charge in [0.15, 0.2) is 0 Å². The van der Waals surface area contributed by atoms with Crippen molar-refractivity contribution in [2.24, 2.45) is 0 Å². The molecule has 0 unspecified atom stereocenters. The highest BCUT2D eigenvalue weighted by Crippen LogP contribution is 2.22. The van der Waals surface area contributed by atoms with Crippen LogP contribution >= 0.6 is 0 Å². The fourth-order valence-electron chi connectivity index (χ4n) is 3.05. The molecule has 3 heterocycles. The molecule has 134 valence electrons. The number of benzene rings is 1. The van der Waals surface area contributed by atoms with Crippen molar-refractivity contribution in [3.63, 3.8) is 0 Å². The van der Waals surface area contributed by atoms with Crippen LogP contribution in [0.2, 0.25) is 0 Å². The molecule has 0 spiro atoms. The lowest BCUT2D eigenvalue weighted by Crippen LogP contribution is -2.48. The molecule has 0 bridgehead atoms. The zero-order valence-corrected chi connectivity index (χ0v) is 14.7. The van der Waals surface area contributed by atoms with Crippen molar-refractivity contribution in [2.45, 2.75) is 6.54 Å². The van der Waals surface area contributed by atoms with Crippen molar-refractivity contribution in [1.29, 1.82) is 0 Å². The highest BCUT2D eigenvalue weighted by atomic mass is 16.2. The van der Waals surface area contributed by atoms with Crippen molar-refractivity contribution >= 4 is 28.3 Å². The van der Waals surface area contributed by atoms with Crippen molar-refractivity contribution in [3.8, 4) is 0 Å². The van der Waals surface area contributed by atoms with E-state index in [-0.39, 0.29) is 12.5 Å². The minimum atomic E-state index is 0.0974. The van der Waals surface area contributed by atoms with E-state index in [4.69, 9.17) is 0 Å². The van der Waals surface area contributed by atoms with Gasteiger partial charge in [-0.15, -0.1) is 0 Å². The second-order valence-electron chi connectivity index (χ2n) is 6.48. The predicted octanol–water partition coefficient (Wildman–Crippen LogP) is 1.34. The number of aromatic nitrogens is 4. The third-order valence-corrected chi connectivity index (χ3v) is 4.59. The van der Waals surface area contributed by atoms with Crippen LogP contribution in [-0.4, -0.2) is 68.7 Å². The highest BCUT2D eigenvalue weighted by molar-refractivity contribution is 5.90. The number of nitrogens with one attached hydrogen (secondary N) is 1. The molecule has 1 aromatic carbocycles. The Bertz CT molecular complexity index is 909. The molecular weight excluding hydrogens is 330 g/mol. The first-order valence-electron chi connectivity index (χ1n) is 8.64. The molecule has 1 fully saturated rings. The average Bonchev–Trinajstić information content (AvgIpc) is 3.09. The van der Waals surface area contributed by atoms with Gasteiger partial charge < -0.3 is 15.1 Å². The molecule has 1 saturated heterocycles. The van der Waals surface area contributed by atoms with Crippen LogP contribution in [0.4, 0.5) is 11.5 Å². The first-order valence-corrected chi connectivity index (χ1v) is 8.64. The molecule has 0 atom stereocenters. The van der Waals surface area contributed by atoms with E-state index in [2.05, 4.69) is 32.3 Å². The van der Waals surface area contributed by atoms with E-state index in [0.717, 1.165) is 48.6 Å². The largest absolute Gasteiger partial charge is 0.339 e. The molecule has 1 amide bonds. The van der Waals surface area contributed by atoms with Crippen LogP contribution in [0.15, 0.2) is 43.0 Å². The number of para-hydroxylation sites is 1. The molecule has 0 radical (unpaired) electrons. The standard InChI is InChI=1S/C18H21N7O/c1-23-6-8-24(9-7-23)17(26)12-25-11-14(10-21-25)22-18-15-4-2-3-5-16(15)19-13-20-18/h2-5,10-11,13H,6-9,12H2,1H3,(H,19,20,22). The second-order valence-corrected chi connectivity index (χ2v) is 6.48. The Kier molecular flexibility index (Phi) is 4.49. The Morgan fingerprint density at radius 3 is 2.81 bits per heavy atom. The van der Waals surface area contributed by atoms with Gasteiger partial charge in [-0.05, 0) is 19.2 Å². The zero-order chi connectivity index (χ0) is 17.9. The Balaban J connectivity index is 1.44.